The monoisotopic (exact) mass is 302 g/mol. The summed E-state index contributed by atoms with van der Waals surface area (Å²) in [5.74, 6) is -0.740. The molecule has 0 aliphatic heterocycles. The molecule has 2 aromatic rings. The molecule has 0 bridgehead atoms. The Labute approximate surface area is 128 Å². The van der Waals surface area contributed by atoms with Crippen molar-refractivity contribution in [3.05, 3.63) is 53.3 Å². The van der Waals surface area contributed by atoms with Crippen LogP contribution in [0.3, 0.4) is 0 Å². The van der Waals surface area contributed by atoms with E-state index in [2.05, 4.69) is 9.84 Å². The Hall–Kier alpha value is -2.63. The van der Waals surface area contributed by atoms with Gasteiger partial charge in [0.25, 0.3) is 0 Å². The summed E-state index contributed by atoms with van der Waals surface area (Å²) in [6.07, 6.45) is 0.0867. The van der Waals surface area contributed by atoms with E-state index in [9.17, 15) is 9.59 Å². The lowest BCUT2D eigenvalue weighted by molar-refractivity contribution is -0.146. The van der Waals surface area contributed by atoms with E-state index in [1.54, 1.807) is 6.07 Å². The highest BCUT2D eigenvalue weighted by Gasteiger charge is 2.12. The fraction of sp³-hybridized carbons (Fsp3) is 0.312. The third-order valence-corrected chi connectivity index (χ3v) is 3.11. The van der Waals surface area contributed by atoms with Gasteiger partial charge in [-0.15, -0.1) is 0 Å². The molecule has 6 heteroatoms. The fourth-order valence-corrected chi connectivity index (χ4v) is 1.95. The molecular formula is C16H18N2O4. The van der Waals surface area contributed by atoms with Gasteiger partial charge >= 0.3 is 11.9 Å². The predicted molar refractivity (Wildman–Crippen MR) is 78.9 cm³/mol. The summed E-state index contributed by atoms with van der Waals surface area (Å²) in [4.78, 5) is 23.1. The molecule has 0 atom stereocenters. The standard InChI is InChI=1S/C16H18N2O4/c1-12-8-14(9-15(19)21-2)17-18(12)10-16(20)22-11-13-6-4-3-5-7-13/h3-8H,9-11H2,1-2H3. The summed E-state index contributed by atoms with van der Waals surface area (Å²) >= 11 is 0. The van der Waals surface area contributed by atoms with Crippen LogP contribution in [0, 0.1) is 6.92 Å². The van der Waals surface area contributed by atoms with Gasteiger partial charge in [-0.05, 0) is 18.6 Å². The maximum absolute atomic E-state index is 11.9. The molecule has 0 saturated heterocycles. The van der Waals surface area contributed by atoms with Gasteiger partial charge in [-0.3, -0.25) is 14.3 Å². The van der Waals surface area contributed by atoms with Gasteiger partial charge in [0.2, 0.25) is 0 Å². The second-order valence-corrected chi connectivity index (χ2v) is 4.83. The number of rotatable bonds is 6. The van der Waals surface area contributed by atoms with Crippen LogP contribution in [0.5, 0.6) is 0 Å². The number of hydrogen-bond donors (Lipinski definition) is 0. The van der Waals surface area contributed by atoms with E-state index in [0.717, 1.165) is 11.3 Å². The van der Waals surface area contributed by atoms with Crippen LogP contribution in [-0.4, -0.2) is 28.8 Å². The number of benzene rings is 1. The number of nitrogens with zero attached hydrogens (tertiary/aromatic N) is 2. The number of ether oxygens (including phenoxy) is 2. The molecule has 0 aliphatic carbocycles. The van der Waals surface area contributed by atoms with Crippen molar-refractivity contribution in [2.75, 3.05) is 7.11 Å². The summed E-state index contributed by atoms with van der Waals surface area (Å²) in [5.41, 5.74) is 2.29. The van der Waals surface area contributed by atoms with Gasteiger partial charge in [0, 0.05) is 5.69 Å². The van der Waals surface area contributed by atoms with Crippen molar-refractivity contribution in [2.45, 2.75) is 26.5 Å². The van der Waals surface area contributed by atoms with Crippen molar-refractivity contribution in [1.82, 2.24) is 9.78 Å². The Balaban J connectivity index is 1.90. The number of aromatic nitrogens is 2. The van der Waals surface area contributed by atoms with Gasteiger partial charge in [0.05, 0.1) is 19.2 Å². The van der Waals surface area contributed by atoms with Crippen LogP contribution in [0.1, 0.15) is 17.0 Å². The lowest BCUT2D eigenvalue weighted by atomic mass is 10.2. The van der Waals surface area contributed by atoms with Gasteiger partial charge in [-0.1, -0.05) is 30.3 Å². The van der Waals surface area contributed by atoms with Gasteiger partial charge < -0.3 is 9.47 Å². The van der Waals surface area contributed by atoms with Crippen LogP contribution in [0.25, 0.3) is 0 Å². The number of carbonyl (C=O) groups is 2. The zero-order valence-electron chi connectivity index (χ0n) is 12.6. The van der Waals surface area contributed by atoms with Gasteiger partial charge in [0.15, 0.2) is 0 Å². The van der Waals surface area contributed by atoms with E-state index >= 15 is 0 Å². The number of methoxy groups -OCH3 is 1. The SMILES string of the molecule is COC(=O)Cc1cc(C)n(CC(=O)OCc2ccccc2)n1. The Morgan fingerprint density at radius 1 is 1.18 bits per heavy atom. The van der Waals surface area contributed by atoms with Crippen LogP contribution < -0.4 is 0 Å². The smallest absolute Gasteiger partial charge is 0.328 e. The van der Waals surface area contributed by atoms with Crippen LogP contribution >= 0.6 is 0 Å². The molecule has 2 rings (SSSR count). The first kappa shape index (κ1) is 15.8. The maximum atomic E-state index is 11.9. The summed E-state index contributed by atoms with van der Waals surface area (Å²) in [7, 11) is 1.33. The molecule has 0 fully saturated rings. The second-order valence-electron chi connectivity index (χ2n) is 4.83. The minimum Gasteiger partial charge on any atom is -0.469 e. The number of carbonyl (C=O) groups excluding carboxylic acids is 2. The largest absolute Gasteiger partial charge is 0.469 e. The summed E-state index contributed by atoms with van der Waals surface area (Å²) in [6.45, 7) is 2.06. The zero-order valence-corrected chi connectivity index (χ0v) is 12.6. The van der Waals surface area contributed by atoms with Gasteiger partial charge in [-0.2, -0.15) is 5.10 Å². The molecule has 0 unspecified atom stereocenters. The third-order valence-electron chi connectivity index (χ3n) is 3.11. The molecule has 6 nitrogen and oxygen atoms in total. The van der Waals surface area contributed by atoms with Crippen molar-refractivity contribution in [3.63, 3.8) is 0 Å². The molecule has 0 aliphatic rings. The Kier molecular flexibility index (Phi) is 5.30. The van der Waals surface area contributed by atoms with Crippen molar-refractivity contribution >= 4 is 11.9 Å². The van der Waals surface area contributed by atoms with Crippen LogP contribution in [-0.2, 0) is 38.6 Å². The first-order valence-corrected chi connectivity index (χ1v) is 6.88. The van der Waals surface area contributed by atoms with E-state index < -0.39 is 0 Å². The Morgan fingerprint density at radius 2 is 1.91 bits per heavy atom. The molecule has 1 aromatic heterocycles. The Morgan fingerprint density at radius 3 is 2.59 bits per heavy atom. The van der Waals surface area contributed by atoms with Crippen molar-refractivity contribution < 1.29 is 19.1 Å². The molecule has 0 N–H and O–H groups in total. The molecule has 22 heavy (non-hydrogen) atoms. The van der Waals surface area contributed by atoms with Crippen molar-refractivity contribution in [2.24, 2.45) is 0 Å². The highest BCUT2D eigenvalue weighted by atomic mass is 16.5. The highest BCUT2D eigenvalue weighted by Crippen LogP contribution is 2.06. The van der Waals surface area contributed by atoms with Gasteiger partial charge in [0.1, 0.15) is 13.2 Å². The molecule has 0 amide bonds. The summed E-state index contributed by atoms with van der Waals surface area (Å²) < 4.78 is 11.3. The van der Waals surface area contributed by atoms with E-state index in [1.807, 2.05) is 37.3 Å². The minimum atomic E-state index is -0.375. The second kappa shape index (κ2) is 7.40. The molecule has 1 aromatic carbocycles. The predicted octanol–water partition coefficient (Wildman–Crippen LogP) is 1.65. The molecule has 0 radical (unpaired) electrons. The lowest BCUT2D eigenvalue weighted by Crippen LogP contribution is -2.16. The average Bonchev–Trinajstić information content (AvgIpc) is 2.85. The number of hydrogen-bond acceptors (Lipinski definition) is 5. The third kappa shape index (κ3) is 4.44. The molecule has 0 saturated carbocycles. The van der Waals surface area contributed by atoms with Crippen LogP contribution in [0.15, 0.2) is 36.4 Å². The minimum absolute atomic E-state index is 0.0137. The van der Waals surface area contributed by atoms with Crippen LogP contribution in [0.2, 0.25) is 0 Å². The zero-order chi connectivity index (χ0) is 15.9. The molecule has 1 heterocycles. The summed E-state index contributed by atoms with van der Waals surface area (Å²) in [5, 5.41) is 4.21. The van der Waals surface area contributed by atoms with E-state index in [-0.39, 0.29) is 31.5 Å². The normalized spacial score (nSPS) is 10.3. The molecule has 116 valence electrons. The van der Waals surface area contributed by atoms with Crippen molar-refractivity contribution in [1.29, 1.82) is 0 Å². The van der Waals surface area contributed by atoms with Crippen molar-refractivity contribution in [3.8, 4) is 0 Å². The van der Waals surface area contributed by atoms with E-state index in [4.69, 9.17) is 4.74 Å². The molecule has 0 spiro atoms. The van der Waals surface area contributed by atoms with Gasteiger partial charge in [-0.25, -0.2) is 0 Å². The van der Waals surface area contributed by atoms with E-state index in [1.165, 1.54) is 11.8 Å². The fourth-order valence-electron chi connectivity index (χ4n) is 1.95. The van der Waals surface area contributed by atoms with E-state index in [0.29, 0.717) is 5.69 Å². The first-order chi connectivity index (χ1) is 10.6. The highest BCUT2D eigenvalue weighted by molar-refractivity contribution is 5.72. The molecular weight excluding hydrogens is 284 g/mol. The first-order valence-electron chi connectivity index (χ1n) is 6.88. The maximum Gasteiger partial charge on any atom is 0.328 e. The summed E-state index contributed by atoms with van der Waals surface area (Å²) in [6, 6.07) is 11.2. The number of aryl methyl sites for hydroxylation is 1. The average molecular weight is 302 g/mol. The number of esters is 2. The van der Waals surface area contributed by atoms with Crippen LogP contribution in [0.4, 0.5) is 0 Å². The quantitative estimate of drug-likeness (QED) is 0.759. The Bertz CT molecular complexity index is 649. The topological polar surface area (TPSA) is 70.4 Å². The lowest BCUT2D eigenvalue weighted by Gasteiger charge is -2.06.